The molecule has 0 aromatic carbocycles. The van der Waals surface area contributed by atoms with E-state index in [9.17, 15) is 0 Å². The van der Waals surface area contributed by atoms with Crippen LogP contribution in [-0.4, -0.2) is 27.9 Å². The van der Waals surface area contributed by atoms with Gasteiger partial charge in [-0.15, -0.1) is 0 Å². The normalized spacial score (nSPS) is 15.0. The Morgan fingerprint density at radius 2 is 2.06 bits per heavy atom. The molecule has 1 rings (SSSR count). The lowest BCUT2D eigenvalue weighted by Crippen LogP contribution is -2.26. The zero-order chi connectivity index (χ0) is 12.0. The maximum Gasteiger partial charge on any atom is 0.138 e. The fraction of sp³-hybridized carbons (Fsp3) is 0.833. The van der Waals surface area contributed by atoms with Gasteiger partial charge < -0.3 is 5.32 Å². The molecule has 2 atom stereocenters. The third-order valence-electron chi connectivity index (χ3n) is 3.19. The molecule has 0 saturated carbocycles. The highest BCUT2D eigenvalue weighted by Crippen LogP contribution is 2.15. The minimum absolute atomic E-state index is 0.633. The number of rotatable bonds is 7. The van der Waals surface area contributed by atoms with Crippen LogP contribution in [0.5, 0.6) is 0 Å². The van der Waals surface area contributed by atoms with Crippen molar-refractivity contribution < 1.29 is 0 Å². The molecule has 0 radical (unpaired) electrons. The van der Waals surface area contributed by atoms with Crippen LogP contribution < -0.4 is 5.32 Å². The average Bonchev–Trinajstić information content (AvgIpc) is 2.72. The lowest BCUT2D eigenvalue weighted by Gasteiger charge is -2.19. The van der Waals surface area contributed by atoms with E-state index in [2.05, 4.69) is 43.1 Å². The molecule has 0 spiro atoms. The molecule has 0 aliphatic rings. The predicted octanol–water partition coefficient (Wildman–Crippen LogP) is 1.72. The van der Waals surface area contributed by atoms with Crippen molar-refractivity contribution in [3.8, 4) is 0 Å². The molecule has 0 aliphatic heterocycles. The smallest absolute Gasteiger partial charge is 0.138 e. The van der Waals surface area contributed by atoms with E-state index in [0.717, 1.165) is 31.9 Å². The molecule has 1 aromatic heterocycles. The van der Waals surface area contributed by atoms with Crippen LogP contribution in [0.4, 0.5) is 0 Å². The third kappa shape index (κ3) is 3.59. The highest BCUT2D eigenvalue weighted by atomic mass is 15.3. The molecule has 1 N–H and O–H groups in total. The highest BCUT2D eigenvalue weighted by Gasteiger charge is 2.15. The lowest BCUT2D eigenvalue weighted by atomic mass is 9.92. The second kappa shape index (κ2) is 6.63. The SMILES string of the molecule is CCNCC(C)C(C)Cc1ncnn1CC. The van der Waals surface area contributed by atoms with Gasteiger partial charge in [-0.1, -0.05) is 20.8 Å². The van der Waals surface area contributed by atoms with E-state index in [0.29, 0.717) is 11.8 Å². The maximum absolute atomic E-state index is 4.32. The molecule has 0 fully saturated rings. The van der Waals surface area contributed by atoms with E-state index in [1.807, 2.05) is 4.68 Å². The van der Waals surface area contributed by atoms with E-state index in [1.54, 1.807) is 6.33 Å². The first-order valence-corrected chi connectivity index (χ1v) is 6.26. The van der Waals surface area contributed by atoms with E-state index in [-0.39, 0.29) is 0 Å². The van der Waals surface area contributed by atoms with E-state index in [1.165, 1.54) is 0 Å². The van der Waals surface area contributed by atoms with E-state index >= 15 is 0 Å². The van der Waals surface area contributed by atoms with Gasteiger partial charge in [0, 0.05) is 13.0 Å². The molecule has 16 heavy (non-hydrogen) atoms. The van der Waals surface area contributed by atoms with Crippen molar-refractivity contribution in [2.75, 3.05) is 13.1 Å². The minimum Gasteiger partial charge on any atom is -0.317 e. The minimum atomic E-state index is 0.633. The van der Waals surface area contributed by atoms with Crippen LogP contribution in [0, 0.1) is 11.8 Å². The number of aromatic nitrogens is 3. The van der Waals surface area contributed by atoms with Crippen molar-refractivity contribution >= 4 is 0 Å². The van der Waals surface area contributed by atoms with Gasteiger partial charge in [0.2, 0.25) is 0 Å². The van der Waals surface area contributed by atoms with Gasteiger partial charge in [-0.05, 0) is 31.8 Å². The van der Waals surface area contributed by atoms with Crippen molar-refractivity contribution in [2.24, 2.45) is 11.8 Å². The summed E-state index contributed by atoms with van der Waals surface area (Å²) in [6.45, 7) is 11.9. The van der Waals surface area contributed by atoms with Crippen LogP contribution in [0.25, 0.3) is 0 Å². The van der Waals surface area contributed by atoms with Gasteiger partial charge >= 0.3 is 0 Å². The molecular weight excluding hydrogens is 200 g/mol. The quantitative estimate of drug-likeness (QED) is 0.767. The van der Waals surface area contributed by atoms with Crippen molar-refractivity contribution in [1.82, 2.24) is 20.1 Å². The number of hydrogen-bond donors (Lipinski definition) is 1. The van der Waals surface area contributed by atoms with Crippen LogP contribution in [0.15, 0.2) is 6.33 Å². The van der Waals surface area contributed by atoms with Crippen molar-refractivity contribution in [1.29, 1.82) is 0 Å². The first-order valence-electron chi connectivity index (χ1n) is 6.26. The zero-order valence-corrected chi connectivity index (χ0v) is 10.9. The fourth-order valence-electron chi connectivity index (χ4n) is 1.77. The summed E-state index contributed by atoms with van der Waals surface area (Å²) in [6.07, 6.45) is 2.67. The third-order valence-corrected chi connectivity index (χ3v) is 3.19. The Morgan fingerprint density at radius 3 is 2.69 bits per heavy atom. The largest absolute Gasteiger partial charge is 0.317 e. The summed E-state index contributed by atoms with van der Waals surface area (Å²) >= 11 is 0. The molecule has 1 aromatic rings. The van der Waals surface area contributed by atoms with Gasteiger partial charge in [0.15, 0.2) is 0 Å². The summed E-state index contributed by atoms with van der Waals surface area (Å²) in [6, 6.07) is 0. The van der Waals surface area contributed by atoms with Crippen molar-refractivity contribution in [3.05, 3.63) is 12.2 Å². The number of nitrogens with one attached hydrogen (secondary N) is 1. The molecule has 0 aliphatic carbocycles. The second-order valence-electron chi connectivity index (χ2n) is 4.46. The summed E-state index contributed by atoms with van der Waals surface area (Å²) in [4.78, 5) is 4.32. The Bertz CT molecular complexity index is 295. The fourth-order valence-corrected chi connectivity index (χ4v) is 1.77. The number of hydrogen-bond acceptors (Lipinski definition) is 3. The highest BCUT2D eigenvalue weighted by molar-refractivity contribution is 4.87. The molecule has 1 heterocycles. The van der Waals surface area contributed by atoms with Crippen LogP contribution in [0.3, 0.4) is 0 Å². The summed E-state index contributed by atoms with van der Waals surface area (Å²) in [5, 5.41) is 7.59. The van der Waals surface area contributed by atoms with Crippen LogP contribution in [0.1, 0.15) is 33.5 Å². The molecule has 4 heteroatoms. The summed E-state index contributed by atoms with van der Waals surface area (Å²) in [5.74, 6) is 2.41. The van der Waals surface area contributed by atoms with Gasteiger partial charge in [-0.25, -0.2) is 4.98 Å². The molecule has 92 valence electrons. The summed E-state index contributed by atoms with van der Waals surface area (Å²) < 4.78 is 1.98. The maximum atomic E-state index is 4.32. The molecule has 0 bridgehead atoms. The average molecular weight is 224 g/mol. The van der Waals surface area contributed by atoms with Crippen LogP contribution in [-0.2, 0) is 13.0 Å². The molecule has 0 amide bonds. The Morgan fingerprint density at radius 1 is 1.31 bits per heavy atom. The van der Waals surface area contributed by atoms with Gasteiger partial charge in [-0.2, -0.15) is 5.10 Å². The standard InChI is InChI=1S/C12H24N4/c1-5-13-8-11(4)10(3)7-12-14-9-15-16(12)6-2/h9-11,13H,5-8H2,1-4H3. The van der Waals surface area contributed by atoms with Crippen LogP contribution in [0.2, 0.25) is 0 Å². The van der Waals surface area contributed by atoms with Gasteiger partial charge in [0.05, 0.1) is 0 Å². The Hall–Kier alpha value is -0.900. The monoisotopic (exact) mass is 224 g/mol. The number of aryl methyl sites for hydroxylation is 1. The zero-order valence-electron chi connectivity index (χ0n) is 10.9. The Labute approximate surface area is 98.5 Å². The molecule has 4 nitrogen and oxygen atoms in total. The first-order chi connectivity index (χ1) is 7.69. The molecule has 0 saturated heterocycles. The van der Waals surface area contributed by atoms with E-state index < -0.39 is 0 Å². The first kappa shape index (κ1) is 13.2. The number of nitrogens with zero attached hydrogens (tertiary/aromatic N) is 3. The topological polar surface area (TPSA) is 42.7 Å². The van der Waals surface area contributed by atoms with Crippen molar-refractivity contribution in [3.63, 3.8) is 0 Å². The lowest BCUT2D eigenvalue weighted by molar-refractivity contribution is 0.357. The van der Waals surface area contributed by atoms with Gasteiger partial charge in [-0.3, -0.25) is 4.68 Å². The summed E-state index contributed by atoms with van der Waals surface area (Å²) in [7, 11) is 0. The van der Waals surface area contributed by atoms with Crippen LogP contribution >= 0.6 is 0 Å². The second-order valence-corrected chi connectivity index (χ2v) is 4.46. The Kier molecular flexibility index (Phi) is 5.46. The Balaban J connectivity index is 2.47. The predicted molar refractivity (Wildman–Crippen MR) is 66.3 cm³/mol. The van der Waals surface area contributed by atoms with Crippen molar-refractivity contribution in [2.45, 2.75) is 40.7 Å². The van der Waals surface area contributed by atoms with Gasteiger partial charge in [0.1, 0.15) is 12.2 Å². The van der Waals surface area contributed by atoms with E-state index in [4.69, 9.17) is 0 Å². The molecular formula is C12H24N4. The summed E-state index contributed by atoms with van der Waals surface area (Å²) in [5.41, 5.74) is 0. The van der Waals surface area contributed by atoms with Gasteiger partial charge in [0.25, 0.3) is 0 Å². The molecule has 2 unspecified atom stereocenters.